The van der Waals surface area contributed by atoms with Crippen LogP contribution < -0.4 is 10.9 Å². The second kappa shape index (κ2) is 5.35. The Hall–Kier alpha value is -2.11. The molecule has 1 saturated carbocycles. The monoisotopic (exact) mass is 289 g/mol. The van der Waals surface area contributed by atoms with E-state index in [1.807, 2.05) is 0 Å². The zero-order valence-corrected chi connectivity index (χ0v) is 12.2. The smallest absolute Gasteiger partial charge is 0.262 e. The predicted octanol–water partition coefficient (Wildman–Crippen LogP) is 2.13. The van der Waals surface area contributed by atoms with Crippen LogP contribution in [0.5, 0.6) is 0 Å². The van der Waals surface area contributed by atoms with Crippen molar-refractivity contribution in [3.8, 4) is 0 Å². The first-order valence-electron chi connectivity index (χ1n) is 7.35. The van der Waals surface area contributed by atoms with Gasteiger partial charge in [-0.05, 0) is 25.7 Å². The number of furan rings is 1. The first-order chi connectivity index (χ1) is 10.1. The molecule has 1 fully saturated rings. The fourth-order valence-corrected chi connectivity index (χ4v) is 3.10. The molecule has 6 heteroatoms. The lowest BCUT2D eigenvalue weighted by molar-refractivity contribution is 0.0910. The first kappa shape index (κ1) is 13.9. The van der Waals surface area contributed by atoms with Gasteiger partial charge in [-0.15, -0.1) is 0 Å². The number of hydrogen-bond acceptors (Lipinski definition) is 4. The molecule has 0 aromatic carbocycles. The summed E-state index contributed by atoms with van der Waals surface area (Å²) in [6.07, 6.45) is 5.72. The summed E-state index contributed by atoms with van der Waals surface area (Å²) in [5, 5.41) is 3.28. The highest BCUT2D eigenvalue weighted by atomic mass is 16.3. The van der Waals surface area contributed by atoms with Crippen LogP contribution in [0.1, 0.15) is 48.7 Å². The number of aromatic nitrogens is 2. The van der Waals surface area contributed by atoms with Crippen LogP contribution >= 0.6 is 0 Å². The molecule has 0 unspecified atom stereocenters. The molecule has 0 radical (unpaired) electrons. The molecule has 2 heterocycles. The molecule has 2 aromatic heterocycles. The maximum atomic E-state index is 12.6. The van der Waals surface area contributed by atoms with Crippen LogP contribution in [0, 0.1) is 12.8 Å². The summed E-state index contributed by atoms with van der Waals surface area (Å²) in [5.74, 6) is 0.635. The summed E-state index contributed by atoms with van der Waals surface area (Å²) in [6, 6.07) is 0.159. The fraction of sp³-hybridized carbons (Fsp3) is 0.533. The van der Waals surface area contributed by atoms with Gasteiger partial charge in [0.25, 0.3) is 11.5 Å². The second-order valence-corrected chi connectivity index (χ2v) is 5.79. The lowest BCUT2D eigenvalue weighted by atomic mass is 9.86. The Balaban J connectivity index is 1.94. The van der Waals surface area contributed by atoms with Gasteiger partial charge < -0.3 is 14.7 Å². The number of aromatic amines is 1. The molecule has 112 valence electrons. The largest absolute Gasteiger partial charge is 0.442 e. The van der Waals surface area contributed by atoms with E-state index in [2.05, 4.69) is 22.2 Å². The highest BCUT2D eigenvalue weighted by molar-refractivity contribution is 6.06. The van der Waals surface area contributed by atoms with Crippen molar-refractivity contribution in [2.24, 2.45) is 5.92 Å². The number of amides is 1. The van der Waals surface area contributed by atoms with Gasteiger partial charge in [-0.2, -0.15) is 0 Å². The number of rotatable bonds is 2. The number of carbonyl (C=O) groups is 1. The van der Waals surface area contributed by atoms with Crippen LogP contribution in [0.15, 0.2) is 15.5 Å². The van der Waals surface area contributed by atoms with Gasteiger partial charge in [0, 0.05) is 6.04 Å². The van der Waals surface area contributed by atoms with Crippen molar-refractivity contribution in [3.05, 3.63) is 28.0 Å². The summed E-state index contributed by atoms with van der Waals surface area (Å²) in [5.41, 5.74) is 0.161. The van der Waals surface area contributed by atoms with E-state index >= 15 is 0 Å². The van der Waals surface area contributed by atoms with E-state index < -0.39 is 0 Å². The number of nitrogens with zero attached hydrogens (tertiary/aromatic N) is 1. The van der Waals surface area contributed by atoms with E-state index in [9.17, 15) is 9.59 Å². The van der Waals surface area contributed by atoms with Crippen LogP contribution in [-0.2, 0) is 0 Å². The number of carbonyl (C=O) groups excluding carboxylic acids is 1. The van der Waals surface area contributed by atoms with Crippen molar-refractivity contribution in [1.29, 1.82) is 0 Å². The maximum absolute atomic E-state index is 12.6. The minimum atomic E-state index is -0.348. The molecule has 6 nitrogen and oxygen atoms in total. The minimum absolute atomic E-state index is 0.159. The molecule has 0 saturated heterocycles. The van der Waals surface area contributed by atoms with Crippen molar-refractivity contribution in [1.82, 2.24) is 15.3 Å². The van der Waals surface area contributed by atoms with Gasteiger partial charge in [0.05, 0.1) is 11.9 Å². The third kappa shape index (κ3) is 2.46. The Bertz CT molecular complexity index is 731. The van der Waals surface area contributed by atoms with Crippen LogP contribution in [0.3, 0.4) is 0 Å². The standard InChI is InChI=1S/C15H19N3O3/c1-8-5-3-4-6-10(8)18-14(20)11-9(2)21-15-12(11)13(19)16-7-17-15/h7-8,10H,3-6H2,1-2H3,(H,18,20)(H,16,17,19)/t8-,10+/m0/s1. The molecular weight excluding hydrogens is 270 g/mol. The molecule has 1 aliphatic carbocycles. The highest BCUT2D eigenvalue weighted by Crippen LogP contribution is 2.25. The van der Waals surface area contributed by atoms with E-state index in [1.54, 1.807) is 6.92 Å². The summed E-state index contributed by atoms with van der Waals surface area (Å²) < 4.78 is 5.43. The Labute approximate surface area is 121 Å². The molecule has 3 rings (SSSR count). The predicted molar refractivity (Wildman–Crippen MR) is 78.3 cm³/mol. The fourth-order valence-electron chi connectivity index (χ4n) is 3.10. The summed E-state index contributed by atoms with van der Waals surface area (Å²) in [4.78, 5) is 30.9. The van der Waals surface area contributed by atoms with E-state index in [0.717, 1.165) is 19.3 Å². The summed E-state index contributed by atoms with van der Waals surface area (Å²) >= 11 is 0. The molecule has 2 N–H and O–H groups in total. The third-order valence-electron chi connectivity index (χ3n) is 4.33. The van der Waals surface area contributed by atoms with Gasteiger partial charge in [-0.1, -0.05) is 19.8 Å². The third-order valence-corrected chi connectivity index (χ3v) is 4.33. The van der Waals surface area contributed by atoms with Gasteiger partial charge in [-0.3, -0.25) is 9.59 Å². The van der Waals surface area contributed by atoms with Crippen molar-refractivity contribution in [3.63, 3.8) is 0 Å². The van der Waals surface area contributed by atoms with Crippen LogP contribution in [0.4, 0.5) is 0 Å². The molecule has 0 aliphatic heterocycles. The van der Waals surface area contributed by atoms with E-state index in [0.29, 0.717) is 17.2 Å². The molecule has 2 aromatic rings. The van der Waals surface area contributed by atoms with Crippen LogP contribution in [-0.4, -0.2) is 21.9 Å². The van der Waals surface area contributed by atoms with Gasteiger partial charge in [0.1, 0.15) is 11.1 Å². The lowest BCUT2D eigenvalue weighted by Gasteiger charge is -2.29. The van der Waals surface area contributed by atoms with Crippen molar-refractivity contribution < 1.29 is 9.21 Å². The zero-order valence-electron chi connectivity index (χ0n) is 12.2. The molecule has 0 spiro atoms. The van der Waals surface area contributed by atoms with Gasteiger partial charge >= 0.3 is 0 Å². The van der Waals surface area contributed by atoms with Crippen molar-refractivity contribution in [2.75, 3.05) is 0 Å². The highest BCUT2D eigenvalue weighted by Gasteiger charge is 2.27. The molecule has 21 heavy (non-hydrogen) atoms. The Morgan fingerprint density at radius 2 is 2.19 bits per heavy atom. The van der Waals surface area contributed by atoms with Gasteiger partial charge in [-0.25, -0.2) is 4.98 Å². The zero-order chi connectivity index (χ0) is 15.0. The second-order valence-electron chi connectivity index (χ2n) is 5.79. The van der Waals surface area contributed by atoms with Crippen LogP contribution in [0.25, 0.3) is 11.1 Å². The van der Waals surface area contributed by atoms with Gasteiger partial charge in [0.2, 0.25) is 5.71 Å². The van der Waals surface area contributed by atoms with Crippen molar-refractivity contribution in [2.45, 2.75) is 45.6 Å². The van der Waals surface area contributed by atoms with Gasteiger partial charge in [0.15, 0.2) is 0 Å². The molecule has 1 aliphatic rings. The van der Waals surface area contributed by atoms with Crippen molar-refractivity contribution >= 4 is 17.0 Å². The Kier molecular flexibility index (Phi) is 3.53. The summed E-state index contributed by atoms with van der Waals surface area (Å²) in [7, 11) is 0. The average molecular weight is 289 g/mol. The average Bonchev–Trinajstić information content (AvgIpc) is 2.79. The molecular formula is C15H19N3O3. The summed E-state index contributed by atoms with van der Waals surface area (Å²) in [6.45, 7) is 3.83. The number of aryl methyl sites for hydroxylation is 1. The van der Waals surface area contributed by atoms with E-state index in [1.165, 1.54) is 12.7 Å². The number of fused-ring (bicyclic) bond motifs is 1. The first-order valence-corrected chi connectivity index (χ1v) is 7.35. The molecule has 0 bridgehead atoms. The Morgan fingerprint density at radius 1 is 1.43 bits per heavy atom. The topological polar surface area (TPSA) is 88.0 Å². The number of H-pyrrole nitrogens is 1. The molecule has 2 atom stereocenters. The minimum Gasteiger partial charge on any atom is -0.442 e. The quantitative estimate of drug-likeness (QED) is 0.886. The normalized spacial score (nSPS) is 22.4. The number of hydrogen-bond donors (Lipinski definition) is 2. The lowest BCUT2D eigenvalue weighted by Crippen LogP contribution is -2.41. The number of nitrogens with one attached hydrogen (secondary N) is 2. The maximum Gasteiger partial charge on any atom is 0.262 e. The van der Waals surface area contributed by atoms with E-state index in [4.69, 9.17) is 4.42 Å². The van der Waals surface area contributed by atoms with Crippen LogP contribution in [0.2, 0.25) is 0 Å². The van der Waals surface area contributed by atoms with E-state index in [-0.39, 0.29) is 28.6 Å². The SMILES string of the molecule is Cc1oc2nc[nH]c(=O)c2c1C(=O)N[C@@H]1CCCC[C@@H]1C. The Morgan fingerprint density at radius 3 is 2.95 bits per heavy atom. The molecule has 1 amide bonds.